The van der Waals surface area contributed by atoms with Crippen LogP contribution in [0.2, 0.25) is 0 Å². The van der Waals surface area contributed by atoms with Gasteiger partial charge in [-0.25, -0.2) is 19.7 Å². The number of rotatable bonds is 8. The number of carboxylic acid groups (broad SMARTS) is 1. The highest BCUT2D eigenvalue weighted by Gasteiger charge is 2.52. The first-order chi connectivity index (χ1) is 17.5. The van der Waals surface area contributed by atoms with Gasteiger partial charge >= 0.3 is 5.97 Å². The number of carbonyl (C=O) groups is 1. The third-order valence-electron chi connectivity index (χ3n) is 6.18. The van der Waals surface area contributed by atoms with Crippen molar-refractivity contribution in [2.75, 3.05) is 11.9 Å². The van der Waals surface area contributed by atoms with Gasteiger partial charge in [-0.3, -0.25) is 4.57 Å². The molecule has 3 N–H and O–H groups in total. The molecule has 182 valence electrons. The average Bonchev–Trinajstić information content (AvgIpc) is 3.47. The molecule has 1 fully saturated rings. The van der Waals surface area contributed by atoms with Gasteiger partial charge in [0.25, 0.3) is 0 Å². The van der Waals surface area contributed by atoms with Gasteiger partial charge in [-0.2, -0.15) is 0 Å². The smallest absolute Gasteiger partial charge is 0.342 e. The number of hydrogen-bond acceptors (Lipinski definition) is 8. The van der Waals surface area contributed by atoms with Crippen molar-refractivity contribution in [3.8, 4) is 0 Å². The molecule has 1 aliphatic heterocycles. The van der Waals surface area contributed by atoms with Crippen LogP contribution in [0.4, 0.5) is 5.82 Å². The Hall–Kier alpha value is -4.51. The number of nitrogens with one attached hydrogen (secondary N) is 1. The second kappa shape index (κ2) is 9.62. The summed E-state index contributed by atoms with van der Waals surface area (Å²) in [6.45, 7) is 0.522. The van der Waals surface area contributed by atoms with E-state index in [4.69, 9.17) is 10.3 Å². The summed E-state index contributed by atoms with van der Waals surface area (Å²) in [5.41, 5.74) is 9.61. The first-order valence-electron chi connectivity index (χ1n) is 11.2. The van der Waals surface area contributed by atoms with Crippen LogP contribution in [-0.4, -0.2) is 54.1 Å². The van der Waals surface area contributed by atoms with Crippen LogP contribution in [0.25, 0.3) is 21.6 Å². The number of aromatic nitrogens is 4. The summed E-state index contributed by atoms with van der Waals surface area (Å²) in [5.74, 6) is -0.974. The Balaban J connectivity index is 1.44. The monoisotopic (exact) mass is 486 g/mol. The molecule has 4 aromatic rings. The minimum atomic E-state index is -2.22. The van der Waals surface area contributed by atoms with Gasteiger partial charge in [-0.1, -0.05) is 60.7 Å². The molecule has 0 bridgehead atoms. The maximum atomic E-state index is 11.7. The van der Waals surface area contributed by atoms with Crippen LogP contribution in [-0.2, 0) is 9.53 Å². The summed E-state index contributed by atoms with van der Waals surface area (Å²) >= 11 is 0. The number of azide groups is 1. The first-order valence-corrected chi connectivity index (χ1v) is 11.2. The fraction of sp³-hybridized carbons (Fsp3) is 0.250. The number of carboxylic acids is 1. The van der Waals surface area contributed by atoms with E-state index in [1.807, 2.05) is 36.4 Å². The zero-order valence-electron chi connectivity index (χ0n) is 18.9. The third kappa shape index (κ3) is 4.20. The lowest BCUT2D eigenvalue weighted by Gasteiger charge is -2.20. The van der Waals surface area contributed by atoms with Crippen LogP contribution in [0.3, 0.4) is 0 Å². The minimum Gasteiger partial charge on any atom is -0.479 e. The molecule has 0 saturated carbocycles. The molecule has 1 saturated heterocycles. The van der Waals surface area contributed by atoms with Gasteiger partial charge in [0.1, 0.15) is 12.4 Å². The molecule has 0 spiro atoms. The van der Waals surface area contributed by atoms with Crippen LogP contribution in [0, 0.1) is 0 Å². The van der Waals surface area contributed by atoms with Crippen LogP contribution in [0.15, 0.2) is 78.4 Å². The molecule has 0 amide bonds. The maximum absolute atomic E-state index is 11.7. The third-order valence-corrected chi connectivity index (χ3v) is 6.18. The zero-order valence-corrected chi connectivity index (χ0v) is 18.9. The van der Waals surface area contributed by atoms with Gasteiger partial charge in [-0.15, -0.1) is 0 Å². The summed E-state index contributed by atoms with van der Waals surface area (Å²) in [5, 5.41) is 26.7. The van der Waals surface area contributed by atoms with E-state index < -0.39 is 30.4 Å². The largest absolute Gasteiger partial charge is 0.479 e. The Morgan fingerprint density at radius 3 is 2.44 bits per heavy atom. The predicted molar refractivity (Wildman–Crippen MR) is 129 cm³/mol. The van der Waals surface area contributed by atoms with E-state index in [9.17, 15) is 15.0 Å². The number of benzene rings is 2. The number of imidazole rings is 1. The number of aliphatic carboxylic acids is 1. The van der Waals surface area contributed by atoms with Crippen molar-refractivity contribution in [2.45, 2.75) is 30.4 Å². The lowest BCUT2D eigenvalue weighted by molar-refractivity contribution is -0.167. The van der Waals surface area contributed by atoms with Crippen LogP contribution >= 0.6 is 0 Å². The summed E-state index contributed by atoms with van der Waals surface area (Å²) < 4.78 is 6.95. The average molecular weight is 486 g/mol. The Kier molecular flexibility index (Phi) is 6.21. The second-order valence-electron chi connectivity index (χ2n) is 8.36. The molecule has 0 aliphatic carbocycles. The van der Waals surface area contributed by atoms with E-state index in [1.165, 1.54) is 17.2 Å². The lowest BCUT2D eigenvalue weighted by Crippen LogP contribution is -2.35. The van der Waals surface area contributed by atoms with Gasteiger partial charge in [0, 0.05) is 23.8 Å². The Morgan fingerprint density at radius 2 is 1.83 bits per heavy atom. The second-order valence-corrected chi connectivity index (χ2v) is 8.36. The van der Waals surface area contributed by atoms with Gasteiger partial charge in [0.05, 0.1) is 6.33 Å². The highest BCUT2D eigenvalue weighted by Crippen LogP contribution is 2.39. The van der Waals surface area contributed by atoms with Gasteiger partial charge in [0.2, 0.25) is 5.72 Å². The lowest BCUT2D eigenvalue weighted by atomic mass is 9.91. The summed E-state index contributed by atoms with van der Waals surface area (Å²) in [7, 11) is 0. The fourth-order valence-corrected chi connectivity index (χ4v) is 4.44. The van der Waals surface area contributed by atoms with Crippen LogP contribution < -0.4 is 5.32 Å². The van der Waals surface area contributed by atoms with E-state index in [1.54, 1.807) is 0 Å². The zero-order chi connectivity index (χ0) is 25.1. The van der Waals surface area contributed by atoms with E-state index >= 15 is 0 Å². The number of ether oxygens (including phenoxy) is 1. The molecule has 3 atom stereocenters. The predicted octanol–water partition coefficient (Wildman–Crippen LogP) is 3.44. The van der Waals surface area contributed by atoms with Gasteiger partial charge < -0.3 is 20.3 Å². The van der Waals surface area contributed by atoms with E-state index in [-0.39, 0.29) is 5.92 Å². The van der Waals surface area contributed by atoms with Crippen molar-refractivity contribution in [1.82, 2.24) is 19.5 Å². The number of hydrogen-bond donors (Lipinski definition) is 3. The number of aliphatic hydroxyl groups excluding tert-OH is 1. The molecule has 2 aromatic heterocycles. The van der Waals surface area contributed by atoms with Crippen LogP contribution in [0.1, 0.15) is 29.7 Å². The molecule has 36 heavy (non-hydrogen) atoms. The molecular weight excluding hydrogens is 464 g/mol. The van der Waals surface area contributed by atoms with E-state index in [0.717, 1.165) is 11.1 Å². The van der Waals surface area contributed by atoms with Gasteiger partial charge in [-0.05, 0) is 21.8 Å². The Morgan fingerprint density at radius 1 is 1.17 bits per heavy atom. The number of fused-ring (bicyclic) bond motifs is 1. The quantitative estimate of drug-likeness (QED) is 0.193. The Labute approximate surface area is 204 Å². The van der Waals surface area contributed by atoms with Crippen molar-refractivity contribution < 1.29 is 19.7 Å². The molecular formula is C24H22N8O4. The summed E-state index contributed by atoms with van der Waals surface area (Å²) in [4.78, 5) is 27.3. The van der Waals surface area contributed by atoms with Crippen molar-refractivity contribution in [1.29, 1.82) is 0 Å². The number of anilines is 1. The normalized spacial score (nSPS) is 21.4. The van der Waals surface area contributed by atoms with Crippen LogP contribution in [0.5, 0.6) is 0 Å². The molecule has 12 heteroatoms. The van der Waals surface area contributed by atoms with Crippen molar-refractivity contribution in [3.63, 3.8) is 0 Å². The van der Waals surface area contributed by atoms with Crippen molar-refractivity contribution >= 4 is 23.0 Å². The summed E-state index contributed by atoms with van der Waals surface area (Å²) in [6.07, 6.45) is -0.111. The van der Waals surface area contributed by atoms with Gasteiger partial charge in [0.15, 0.2) is 23.2 Å². The standard InChI is InChI=1S/C24H22N8O4/c25-31-30-24(23(34)35)11-18(33)22(36-24)32-14-29-19-20(27-13-28-21(19)32)26-12-17(15-7-3-1-4-8-15)16-9-5-2-6-10-16/h1-10,13-14,17-18,22,33H,11-12H2,(H,34,35)(H,26,27,28). The van der Waals surface area contributed by atoms with E-state index in [2.05, 4.69) is 54.6 Å². The Bertz CT molecular complexity index is 1380. The maximum Gasteiger partial charge on any atom is 0.342 e. The SMILES string of the molecule is [N-]=[N+]=NC1(C(=O)O)CC(O)C(n2cnc3c(NCC(c4ccccc4)c4ccccc4)ncnc32)O1. The molecule has 3 heterocycles. The molecule has 12 nitrogen and oxygen atoms in total. The number of nitrogens with zero attached hydrogens (tertiary/aromatic N) is 7. The number of aliphatic hydroxyl groups is 1. The first kappa shape index (κ1) is 23.2. The van der Waals surface area contributed by atoms with E-state index in [0.29, 0.717) is 23.5 Å². The van der Waals surface area contributed by atoms with Crippen molar-refractivity contribution in [2.24, 2.45) is 5.11 Å². The minimum absolute atomic E-state index is 0.0412. The summed E-state index contributed by atoms with van der Waals surface area (Å²) in [6, 6.07) is 20.2. The molecule has 3 unspecified atom stereocenters. The fourth-order valence-electron chi connectivity index (χ4n) is 4.44. The van der Waals surface area contributed by atoms with Crippen molar-refractivity contribution in [3.05, 3.63) is 94.9 Å². The topological polar surface area (TPSA) is 171 Å². The molecule has 5 rings (SSSR count). The molecule has 0 radical (unpaired) electrons. The highest BCUT2D eigenvalue weighted by molar-refractivity contribution is 5.83. The molecule has 1 aliphatic rings. The highest BCUT2D eigenvalue weighted by atomic mass is 16.6. The molecule has 2 aromatic carbocycles.